The van der Waals surface area contributed by atoms with Crippen molar-refractivity contribution in [1.29, 1.82) is 0 Å². The molecule has 2 aliphatic heterocycles. The summed E-state index contributed by atoms with van der Waals surface area (Å²) in [5, 5.41) is 23.9. The number of nitrogens with zero attached hydrogens (tertiary/aromatic N) is 1. The maximum Gasteiger partial charge on any atom is 0.326 e. The fourth-order valence-corrected chi connectivity index (χ4v) is 6.00. The van der Waals surface area contributed by atoms with E-state index in [0.717, 1.165) is 0 Å². The number of benzene rings is 2. The summed E-state index contributed by atoms with van der Waals surface area (Å²) < 4.78 is 4.71. The van der Waals surface area contributed by atoms with Crippen molar-refractivity contribution in [2.45, 2.75) is 48.5 Å². The van der Waals surface area contributed by atoms with E-state index in [0.29, 0.717) is 11.3 Å². The van der Waals surface area contributed by atoms with Crippen molar-refractivity contribution < 1.29 is 34.1 Å². The van der Waals surface area contributed by atoms with Crippen molar-refractivity contribution in [3.05, 3.63) is 60.2 Å². The van der Waals surface area contributed by atoms with Crippen LogP contribution >= 0.6 is 11.8 Å². The zero-order valence-corrected chi connectivity index (χ0v) is 20.5. The summed E-state index contributed by atoms with van der Waals surface area (Å²) in [5.41, 5.74) is 0.624. The molecule has 2 aromatic carbocycles. The first kappa shape index (κ1) is 25.4. The molecule has 0 aliphatic carbocycles. The number of carboxylic acid groups (broad SMARTS) is 1. The van der Waals surface area contributed by atoms with Gasteiger partial charge in [0.1, 0.15) is 35.0 Å². The van der Waals surface area contributed by atoms with Crippen LogP contribution in [0.3, 0.4) is 0 Å². The van der Waals surface area contributed by atoms with Crippen LogP contribution < -0.4 is 15.4 Å². The molecular weight excluding hydrogens is 486 g/mol. The number of para-hydroxylation sites is 1. The van der Waals surface area contributed by atoms with Crippen LogP contribution in [0.15, 0.2) is 54.6 Å². The molecule has 1 unspecified atom stereocenters. The van der Waals surface area contributed by atoms with Gasteiger partial charge in [0.2, 0.25) is 11.8 Å². The van der Waals surface area contributed by atoms with Crippen LogP contribution in [0.5, 0.6) is 11.5 Å². The minimum Gasteiger partial charge on any atom is -0.508 e. The average Bonchev–Trinajstić information content (AvgIpc) is 3.10. The molecule has 0 aromatic heterocycles. The highest BCUT2D eigenvalue weighted by Crippen LogP contribution is 2.50. The van der Waals surface area contributed by atoms with Crippen LogP contribution in [0.4, 0.5) is 0 Å². The van der Waals surface area contributed by atoms with Crippen molar-refractivity contribution in [3.63, 3.8) is 0 Å². The van der Waals surface area contributed by atoms with Crippen molar-refractivity contribution in [1.82, 2.24) is 15.5 Å². The molecule has 190 valence electrons. The number of β-lactam (4-membered cyclic amide) rings is 1. The first-order valence-corrected chi connectivity index (χ1v) is 12.2. The van der Waals surface area contributed by atoms with Gasteiger partial charge in [-0.25, -0.2) is 4.79 Å². The number of hydrogen-bond acceptors (Lipinski definition) is 7. The lowest BCUT2D eigenvalue weighted by Gasteiger charge is -2.44. The summed E-state index contributed by atoms with van der Waals surface area (Å²) in [7, 11) is 0. The Bertz CT molecular complexity index is 1160. The number of carboxylic acids is 1. The number of hydrogen-bond donors (Lipinski definition) is 4. The van der Waals surface area contributed by atoms with Gasteiger partial charge in [-0.1, -0.05) is 30.3 Å². The Labute approximate surface area is 212 Å². The van der Waals surface area contributed by atoms with Crippen molar-refractivity contribution in [2.75, 3.05) is 6.61 Å². The van der Waals surface area contributed by atoms with Crippen LogP contribution in [0.1, 0.15) is 19.4 Å². The predicted octanol–water partition coefficient (Wildman–Crippen LogP) is 1.13. The lowest BCUT2D eigenvalue weighted by molar-refractivity contribution is -0.156. The monoisotopic (exact) mass is 513 g/mol. The number of thioether (sulfide) groups is 1. The number of rotatable bonds is 9. The standard InChI is InChI=1S/C25H27N3O7S/c1-25(2)20(21(31)26-17(24(33)34)12-14-8-10-15(29)11-9-14)28-22(32)19(23(28)36-25)27-18(30)13-35-16-6-4-3-5-7-16/h3-11,17,19-20,23,29H,12-13H2,1-2H3,(H,26,31)(H,27,30)(H,33,34)/t17?,19-,20+,23-/m1/s1. The fraction of sp³-hybridized carbons (Fsp3) is 0.360. The van der Waals surface area contributed by atoms with Crippen LogP contribution in [-0.2, 0) is 25.6 Å². The third-order valence-corrected chi connectivity index (χ3v) is 7.68. The third kappa shape index (κ3) is 5.25. The van der Waals surface area contributed by atoms with E-state index in [1.165, 1.54) is 28.8 Å². The number of carbonyl (C=O) groups excluding carboxylic acids is 3. The molecule has 0 bridgehead atoms. The molecule has 10 nitrogen and oxygen atoms in total. The maximum atomic E-state index is 13.2. The number of aromatic hydroxyl groups is 1. The van der Waals surface area contributed by atoms with Gasteiger partial charge in [0.25, 0.3) is 5.91 Å². The molecule has 36 heavy (non-hydrogen) atoms. The number of phenols is 1. The minimum atomic E-state index is -1.22. The molecule has 2 aliphatic rings. The van der Waals surface area contributed by atoms with Crippen LogP contribution in [0, 0.1) is 0 Å². The zero-order valence-electron chi connectivity index (χ0n) is 19.7. The number of aliphatic carboxylic acids is 1. The Morgan fingerprint density at radius 2 is 1.78 bits per heavy atom. The van der Waals surface area contributed by atoms with E-state index < -0.39 is 51.9 Å². The zero-order chi connectivity index (χ0) is 26.0. The normalized spacial score (nSPS) is 22.7. The van der Waals surface area contributed by atoms with Gasteiger partial charge in [-0.15, -0.1) is 11.8 Å². The second kappa shape index (κ2) is 10.1. The molecule has 4 N–H and O–H groups in total. The molecule has 2 fully saturated rings. The van der Waals surface area contributed by atoms with E-state index in [2.05, 4.69) is 10.6 Å². The SMILES string of the molecule is CC1(C)S[C@@H]2[C@H](NC(=O)COc3ccccc3)C(=O)N2[C@H]1C(=O)NC(Cc1ccc(O)cc1)C(=O)O. The summed E-state index contributed by atoms with van der Waals surface area (Å²) >= 11 is 1.38. The Hall–Kier alpha value is -3.73. The maximum absolute atomic E-state index is 13.2. The Kier molecular flexibility index (Phi) is 7.11. The third-order valence-electron chi connectivity index (χ3n) is 6.11. The van der Waals surface area contributed by atoms with Crippen LogP contribution in [0.25, 0.3) is 0 Å². The number of carbonyl (C=O) groups is 4. The summed E-state index contributed by atoms with van der Waals surface area (Å²) in [6.45, 7) is 3.36. The van der Waals surface area contributed by atoms with Gasteiger partial charge in [-0.3, -0.25) is 14.4 Å². The van der Waals surface area contributed by atoms with Crippen molar-refractivity contribution in [3.8, 4) is 11.5 Å². The molecule has 0 spiro atoms. The lowest BCUT2D eigenvalue weighted by atomic mass is 9.94. The van der Waals surface area contributed by atoms with Gasteiger partial charge in [0.05, 0.1) is 0 Å². The number of amides is 3. The minimum absolute atomic E-state index is 0.0130. The molecule has 2 aromatic rings. The molecular formula is C25H27N3O7S. The second-order valence-corrected chi connectivity index (χ2v) is 10.9. The topological polar surface area (TPSA) is 145 Å². The molecule has 3 amide bonds. The van der Waals surface area contributed by atoms with Crippen molar-refractivity contribution in [2.24, 2.45) is 0 Å². The van der Waals surface area contributed by atoms with Gasteiger partial charge in [0, 0.05) is 11.2 Å². The molecule has 2 saturated heterocycles. The summed E-state index contributed by atoms with van der Waals surface area (Å²) in [5.74, 6) is -2.07. The van der Waals surface area contributed by atoms with E-state index >= 15 is 0 Å². The molecule has 2 heterocycles. The highest BCUT2D eigenvalue weighted by atomic mass is 32.2. The Morgan fingerprint density at radius 1 is 1.11 bits per heavy atom. The average molecular weight is 514 g/mol. The number of ether oxygens (including phenoxy) is 1. The smallest absolute Gasteiger partial charge is 0.326 e. The summed E-state index contributed by atoms with van der Waals surface area (Å²) in [4.78, 5) is 51.8. The first-order valence-electron chi connectivity index (χ1n) is 11.3. The van der Waals surface area contributed by atoms with Gasteiger partial charge >= 0.3 is 5.97 Å². The lowest BCUT2D eigenvalue weighted by Crippen LogP contribution is -2.72. The summed E-state index contributed by atoms with van der Waals surface area (Å²) in [6.07, 6.45) is 0.0130. The van der Waals surface area contributed by atoms with E-state index in [4.69, 9.17) is 4.74 Å². The van der Waals surface area contributed by atoms with Crippen LogP contribution in [0.2, 0.25) is 0 Å². The highest BCUT2D eigenvalue weighted by molar-refractivity contribution is 8.01. The molecule has 0 radical (unpaired) electrons. The van der Waals surface area contributed by atoms with Gasteiger partial charge in [0.15, 0.2) is 6.61 Å². The first-order chi connectivity index (χ1) is 17.1. The predicted molar refractivity (Wildman–Crippen MR) is 131 cm³/mol. The van der Waals surface area contributed by atoms with Crippen molar-refractivity contribution >= 4 is 35.5 Å². The molecule has 0 saturated carbocycles. The van der Waals surface area contributed by atoms with Gasteiger partial charge < -0.3 is 30.5 Å². The van der Waals surface area contributed by atoms with E-state index in [1.807, 2.05) is 6.07 Å². The fourth-order valence-electron chi connectivity index (χ4n) is 4.37. The largest absolute Gasteiger partial charge is 0.508 e. The molecule has 4 atom stereocenters. The number of fused-ring (bicyclic) bond motifs is 1. The number of nitrogens with one attached hydrogen (secondary N) is 2. The van der Waals surface area contributed by atoms with E-state index in [9.17, 15) is 29.4 Å². The van der Waals surface area contributed by atoms with E-state index in [1.54, 1.807) is 50.2 Å². The molecule has 11 heteroatoms. The Morgan fingerprint density at radius 3 is 2.42 bits per heavy atom. The molecule has 4 rings (SSSR count). The van der Waals surface area contributed by atoms with Crippen LogP contribution in [-0.4, -0.2) is 73.7 Å². The quantitative estimate of drug-likeness (QED) is 0.365. The summed E-state index contributed by atoms with van der Waals surface area (Å²) in [6, 6.07) is 11.9. The number of phenolic OH excluding ortho intramolecular Hbond substituents is 1. The second-order valence-electron chi connectivity index (χ2n) is 9.18. The van der Waals surface area contributed by atoms with Gasteiger partial charge in [-0.2, -0.15) is 0 Å². The Balaban J connectivity index is 1.38. The van der Waals surface area contributed by atoms with E-state index in [-0.39, 0.29) is 18.8 Å². The van der Waals surface area contributed by atoms with Gasteiger partial charge in [-0.05, 0) is 43.7 Å². The highest BCUT2D eigenvalue weighted by Gasteiger charge is 2.64.